The van der Waals surface area contributed by atoms with Crippen molar-refractivity contribution in [3.8, 4) is 0 Å². The first kappa shape index (κ1) is 13.9. The van der Waals surface area contributed by atoms with Crippen LogP contribution >= 0.6 is 23.2 Å². The molecule has 0 unspecified atom stereocenters. The Morgan fingerprint density at radius 3 is 2.63 bits per heavy atom. The minimum atomic E-state index is -0.259. The third kappa shape index (κ3) is 3.26. The first-order chi connectivity index (χ1) is 9.11. The standard InChI is InChI=1S/C14H12Cl2N2O/c15-10-5-6-12(16)13(7-10)18-14(19)11-4-2-1-3-9(11)8-17/h1-7H,8,17H2,(H,18,19). The molecule has 2 aromatic carbocycles. The van der Waals surface area contributed by atoms with Crippen LogP contribution in [0.15, 0.2) is 42.5 Å². The summed E-state index contributed by atoms with van der Waals surface area (Å²) in [5.41, 5.74) is 7.39. The van der Waals surface area contributed by atoms with Crippen LogP contribution in [-0.4, -0.2) is 5.91 Å². The maximum Gasteiger partial charge on any atom is 0.256 e. The molecule has 0 saturated carbocycles. The number of amides is 1. The SMILES string of the molecule is NCc1ccccc1C(=O)Nc1cc(Cl)ccc1Cl. The lowest BCUT2D eigenvalue weighted by Crippen LogP contribution is -2.15. The smallest absolute Gasteiger partial charge is 0.256 e. The van der Waals surface area contributed by atoms with E-state index in [1.165, 1.54) is 0 Å². The van der Waals surface area contributed by atoms with Gasteiger partial charge in [-0.3, -0.25) is 4.79 Å². The Morgan fingerprint density at radius 1 is 1.16 bits per heavy atom. The summed E-state index contributed by atoms with van der Waals surface area (Å²) in [6.07, 6.45) is 0. The Hall–Kier alpha value is -1.55. The maximum atomic E-state index is 12.2. The van der Waals surface area contributed by atoms with Crippen LogP contribution in [0.25, 0.3) is 0 Å². The predicted octanol–water partition coefficient (Wildman–Crippen LogP) is 3.70. The molecule has 5 heteroatoms. The van der Waals surface area contributed by atoms with Crippen molar-refractivity contribution in [2.45, 2.75) is 6.54 Å². The van der Waals surface area contributed by atoms with Gasteiger partial charge < -0.3 is 11.1 Å². The molecule has 19 heavy (non-hydrogen) atoms. The highest BCUT2D eigenvalue weighted by Gasteiger charge is 2.12. The molecule has 2 rings (SSSR count). The molecule has 2 aromatic rings. The third-order valence-corrected chi connectivity index (χ3v) is 3.22. The number of anilines is 1. The van der Waals surface area contributed by atoms with Gasteiger partial charge in [0.15, 0.2) is 0 Å². The molecule has 0 aliphatic rings. The van der Waals surface area contributed by atoms with Gasteiger partial charge in [0.2, 0.25) is 0 Å². The van der Waals surface area contributed by atoms with E-state index < -0.39 is 0 Å². The van der Waals surface area contributed by atoms with Crippen molar-refractivity contribution < 1.29 is 4.79 Å². The van der Waals surface area contributed by atoms with E-state index in [2.05, 4.69) is 5.32 Å². The fraction of sp³-hybridized carbons (Fsp3) is 0.0714. The van der Waals surface area contributed by atoms with Crippen LogP contribution < -0.4 is 11.1 Å². The van der Waals surface area contributed by atoms with Gasteiger partial charge >= 0.3 is 0 Å². The zero-order valence-electron chi connectivity index (χ0n) is 9.99. The number of hydrogen-bond donors (Lipinski definition) is 2. The highest BCUT2D eigenvalue weighted by atomic mass is 35.5. The molecule has 3 nitrogen and oxygen atoms in total. The maximum absolute atomic E-state index is 12.2. The molecule has 1 amide bonds. The molecule has 0 spiro atoms. The molecule has 0 aromatic heterocycles. The average molecular weight is 295 g/mol. The van der Waals surface area contributed by atoms with Gasteiger partial charge in [0.25, 0.3) is 5.91 Å². The molecule has 0 aliphatic heterocycles. The lowest BCUT2D eigenvalue weighted by atomic mass is 10.1. The second kappa shape index (κ2) is 6.06. The van der Waals surface area contributed by atoms with E-state index >= 15 is 0 Å². The fourth-order valence-corrected chi connectivity index (χ4v) is 2.04. The van der Waals surface area contributed by atoms with Crippen molar-refractivity contribution >= 4 is 34.8 Å². The van der Waals surface area contributed by atoms with Gasteiger partial charge in [0, 0.05) is 17.1 Å². The molecule has 0 bridgehead atoms. The number of nitrogens with one attached hydrogen (secondary N) is 1. The Labute approximate surface area is 121 Å². The lowest BCUT2D eigenvalue weighted by Gasteiger charge is -2.10. The van der Waals surface area contributed by atoms with Crippen LogP contribution in [0.3, 0.4) is 0 Å². The van der Waals surface area contributed by atoms with E-state index in [-0.39, 0.29) is 5.91 Å². The van der Waals surface area contributed by atoms with Crippen LogP contribution in [0.1, 0.15) is 15.9 Å². The minimum absolute atomic E-state index is 0.259. The Morgan fingerprint density at radius 2 is 1.89 bits per heavy atom. The summed E-state index contributed by atoms with van der Waals surface area (Å²) < 4.78 is 0. The third-order valence-electron chi connectivity index (χ3n) is 2.66. The first-order valence-corrected chi connectivity index (χ1v) is 6.42. The van der Waals surface area contributed by atoms with E-state index in [1.54, 1.807) is 30.3 Å². The monoisotopic (exact) mass is 294 g/mol. The number of carbonyl (C=O) groups is 1. The van der Waals surface area contributed by atoms with E-state index in [4.69, 9.17) is 28.9 Å². The molecule has 0 atom stereocenters. The minimum Gasteiger partial charge on any atom is -0.326 e. The number of nitrogens with two attached hydrogens (primary N) is 1. The second-order valence-corrected chi connectivity index (χ2v) is 4.78. The van der Waals surface area contributed by atoms with Crippen LogP contribution in [0.2, 0.25) is 10.0 Å². The Kier molecular flexibility index (Phi) is 4.43. The van der Waals surface area contributed by atoms with Gasteiger partial charge in [-0.2, -0.15) is 0 Å². The molecule has 98 valence electrons. The predicted molar refractivity (Wildman–Crippen MR) is 78.7 cm³/mol. The van der Waals surface area contributed by atoms with Crippen LogP contribution in [0, 0.1) is 0 Å². The largest absolute Gasteiger partial charge is 0.326 e. The van der Waals surface area contributed by atoms with E-state index in [0.29, 0.717) is 27.8 Å². The van der Waals surface area contributed by atoms with E-state index in [9.17, 15) is 4.79 Å². The Bertz CT molecular complexity index is 614. The number of hydrogen-bond acceptors (Lipinski definition) is 2. The fourth-order valence-electron chi connectivity index (χ4n) is 1.70. The molecular weight excluding hydrogens is 283 g/mol. The number of carbonyl (C=O) groups excluding carboxylic acids is 1. The van der Waals surface area contributed by atoms with Crippen LogP contribution in [0.5, 0.6) is 0 Å². The summed E-state index contributed by atoms with van der Waals surface area (Å²) in [5.74, 6) is -0.259. The lowest BCUT2D eigenvalue weighted by molar-refractivity contribution is 0.102. The van der Waals surface area contributed by atoms with E-state index in [1.807, 2.05) is 12.1 Å². The van der Waals surface area contributed by atoms with Crippen molar-refractivity contribution in [3.63, 3.8) is 0 Å². The van der Waals surface area contributed by atoms with Gasteiger partial charge in [-0.1, -0.05) is 41.4 Å². The molecule has 0 heterocycles. The van der Waals surface area contributed by atoms with Gasteiger partial charge in [0.1, 0.15) is 0 Å². The first-order valence-electron chi connectivity index (χ1n) is 5.66. The van der Waals surface area contributed by atoms with Crippen molar-refractivity contribution in [2.75, 3.05) is 5.32 Å². The summed E-state index contributed by atoms with van der Waals surface area (Å²) in [7, 11) is 0. The zero-order chi connectivity index (χ0) is 13.8. The van der Waals surface area contributed by atoms with E-state index in [0.717, 1.165) is 5.56 Å². The summed E-state index contributed by atoms with van der Waals surface area (Å²) in [5, 5.41) is 3.67. The molecular formula is C14H12Cl2N2O. The highest BCUT2D eigenvalue weighted by molar-refractivity contribution is 6.35. The van der Waals surface area contributed by atoms with Crippen molar-refractivity contribution in [1.82, 2.24) is 0 Å². The zero-order valence-corrected chi connectivity index (χ0v) is 11.5. The van der Waals surface area contributed by atoms with Crippen molar-refractivity contribution in [3.05, 3.63) is 63.6 Å². The van der Waals surface area contributed by atoms with Gasteiger partial charge in [-0.05, 0) is 29.8 Å². The topological polar surface area (TPSA) is 55.1 Å². The summed E-state index contributed by atoms with van der Waals surface area (Å²) in [4.78, 5) is 12.2. The number of rotatable bonds is 3. The number of halogens is 2. The molecule has 0 fully saturated rings. The quantitative estimate of drug-likeness (QED) is 0.907. The van der Waals surface area contributed by atoms with Crippen LogP contribution in [0.4, 0.5) is 5.69 Å². The molecule has 0 radical (unpaired) electrons. The Balaban J connectivity index is 2.28. The van der Waals surface area contributed by atoms with Gasteiger partial charge in [0.05, 0.1) is 10.7 Å². The molecule has 3 N–H and O–H groups in total. The normalized spacial score (nSPS) is 10.3. The summed E-state index contributed by atoms with van der Waals surface area (Å²) in [6.45, 7) is 0.298. The molecule has 0 saturated heterocycles. The summed E-state index contributed by atoms with van der Waals surface area (Å²) >= 11 is 11.9. The van der Waals surface area contributed by atoms with Gasteiger partial charge in [-0.25, -0.2) is 0 Å². The summed E-state index contributed by atoms with van der Waals surface area (Å²) in [6, 6.07) is 12.1. The van der Waals surface area contributed by atoms with Crippen LogP contribution in [-0.2, 0) is 6.54 Å². The van der Waals surface area contributed by atoms with Gasteiger partial charge in [-0.15, -0.1) is 0 Å². The second-order valence-electron chi connectivity index (χ2n) is 3.94. The highest BCUT2D eigenvalue weighted by Crippen LogP contribution is 2.26. The van der Waals surface area contributed by atoms with Crippen molar-refractivity contribution in [2.24, 2.45) is 5.73 Å². The molecule has 0 aliphatic carbocycles. The number of benzene rings is 2. The van der Waals surface area contributed by atoms with Crippen molar-refractivity contribution in [1.29, 1.82) is 0 Å². The average Bonchev–Trinajstić information content (AvgIpc) is 2.42.